The number of nitrogens with two attached hydrogens (primary N) is 1. The van der Waals surface area contributed by atoms with Gasteiger partial charge in [0, 0.05) is 5.75 Å². The summed E-state index contributed by atoms with van der Waals surface area (Å²) in [6.45, 7) is 1.88. The highest BCUT2D eigenvalue weighted by molar-refractivity contribution is 8.00. The monoisotopic (exact) mass is 419 g/mol. The molecule has 0 atom stereocenters. The van der Waals surface area contributed by atoms with Crippen molar-refractivity contribution < 1.29 is 9.53 Å². The summed E-state index contributed by atoms with van der Waals surface area (Å²) in [5, 5.41) is 3.32. The van der Waals surface area contributed by atoms with Crippen LogP contribution in [0.4, 0.5) is 11.5 Å². The lowest BCUT2D eigenvalue weighted by molar-refractivity contribution is 0.103. The molecule has 8 heteroatoms. The van der Waals surface area contributed by atoms with Crippen LogP contribution < -0.4 is 15.8 Å². The van der Waals surface area contributed by atoms with Gasteiger partial charge in [0.25, 0.3) is 5.91 Å². The Balaban J connectivity index is 1.69. The standard InChI is InChI=1S/C19H18ClN3O2S2/c1-11-4-3-5-14(20)15(11)22-18(24)16-17(21)23-19(27-16)26-10-12-6-8-13(25-2)9-7-12/h3-9H,10,21H2,1-2H3,(H,22,24). The van der Waals surface area contributed by atoms with Gasteiger partial charge in [-0.2, -0.15) is 0 Å². The molecule has 3 rings (SSSR count). The maximum atomic E-state index is 12.6. The minimum Gasteiger partial charge on any atom is -0.497 e. The molecule has 0 aliphatic rings. The molecule has 27 heavy (non-hydrogen) atoms. The molecule has 0 saturated heterocycles. The Labute approximate surface area is 170 Å². The van der Waals surface area contributed by atoms with E-state index in [0.29, 0.717) is 15.6 Å². The van der Waals surface area contributed by atoms with Crippen LogP contribution in [0.15, 0.2) is 46.8 Å². The van der Waals surface area contributed by atoms with Crippen molar-refractivity contribution in [2.45, 2.75) is 17.0 Å². The number of thiazole rings is 1. The molecule has 0 saturated carbocycles. The van der Waals surface area contributed by atoms with E-state index in [9.17, 15) is 4.79 Å². The van der Waals surface area contributed by atoms with Crippen molar-refractivity contribution in [3.63, 3.8) is 0 Å². The zero-order chi connectivity index (χ0) is 19.4. The summed E-state index contributed by atoms with van der Waals surface area (Å²) in [7, 11) is 1.64. The molecule has 1 aromatic heterocycles. The second-order valence-electron chi connectivity index (χ2n) is 5.72. The second kappa shape index (κ2) is 8.65. The van der Waals surface area contributed by atoms with Gasteiger partial charge in [-0.15, -0.1) is 11.3 Å². The van der Waals surface area contributed by atoms with Gasteiger partial charge in [-0.3, -0.25) is 4.79 Å². The first kappa shape index (κ1) is 19.5. The Morgan fingerprint density at radius 2 is 2.04 bits per heavy atom. The first-order valence-corrected chi connectivity index (χ1v) is 10.2. The number of methoxy groups -OCH3 is 1. The van der Waals surface area contributed by atoms with Crippen molar-refractivity contribution in [2.75, 3.05) is 18.2 Å². The number of benzene rings is 2. The number of halogens is 1. The first-order chi connectivity index (χ1) is 13.0. The third-order valence-corrected chi connectivity index (χ3v) is 6.42. The summed E-state index contributed by atoms with van der Waals surface area (Å²) in [5.74, 6) is 1.45. The molecule has 0 fully saturated rings. The predicted octanol–water partition coefficient (Wildman–Crippen LogP) is 5.24. The van der Waals surface area contributed by atoms with Crippen molar-refractivity contribution in [1.29, 1.82) is 0 Å². The van der Waals surface area contributed by atoms with E-state index in [1.54, 1.807) is 13.2 Å². The zero-order valence-corrected chi connectivity index (χ0v) is 17.2. The zero-order valence-electron chi connectivity index (χ0n) is 14.8. The van der Waals surface area contributed by atoms with Gasteiger partial charge in [0.1, 0.15) is 16.4 Å². The van der Waals surface area contributed by atoms with E-state index in [-0.39, 0.29) is 11.7 Å². The van der Waals surface area contributed by atoms with Gasteiger partial charge >= 0.3 is 0 Å². The van der Waals surface area contributed by atoms with Crippen LogP contribution in [0.5, 0.6) is 5.75 Å². The Bertz CT molecular complexity index is 938. The summed E-state index contributed by atoms with van der Waals surface area (Å²) in [4.78, 5) is 17.3. The lowest BCUT2D eigenvalue weighted by Gasteiger charge is -2.09. The fourth-order valence-corrected chi connectivity index (χ4v) is 4.55. The number of hydrogen-bond acceptors (Lipinski definition) is 6. The Morgan fingerprint density at radius 3 is 2.70 bits per heavy atom. The highest BCUT2D eigenvalue weighted by Gasteiger charge is 2.18. The number of nitrogen functional groups attached to an aromatic ring is 1. The van der Waals surface area contributed by atoms with Gasteiger partial charge in [0.2, 0.25) is 0 Å². The number of rotatable bonds is 6. The number of nitrogens with one attached hydrogen (secondary N) is 1. The quantitative estimate of drug-likeness (QED) is 0.534. The average molecular weight is 420 g/mol. The fraction of sp³-hybridized carbons (Fsp3) is 0.158. The van der Waals surface area contributed by atoms with Crippen molar-refractivity contribution in [3.8, 4) is 5.75 Å². The average Bonchev–Trinajstić information content (AvgIpc) is 3.04. The van der Waals surface area contributed by atoms with Crippen LogP contribution in [0.25, 0.3) is 0 Å². The third kappa shape index (κ3) is 4.74. The van der Waals surface area contributed by atoms with Gasteiger partial charge < -0.3 is 15.8 Å². The van der Waals surface area contributed by atoms with Gasteiger partial charge in [-0.1, -0.05) is 47.6 Å². The number of aromatic nitrogens is 1. The summed E-state index contributed by atoms with van der Waals surface area (Å²) in [5.41, 5.74) is 8.56. The molecule has 3 N–H and O–H groups in total. The number of nitrogens with zero attached hydrogens (tertiary/aromatic N) is 1. The van der Waals surface area contributed by atoms with E-state index in [0.717, 1.165) is 27.0 Å². The van der Waals surface area contributed by atoms with Crippen molar-refractivity contribution in [2.24, 2.45) is 0 Å². The molecular weight excluding hydrogens is 402 g/mol. The fourth-order valence-electron chi connectivity index (χ4n) is 2.36. The van der Waals surface area contributed by atoms with E-state index >= 15 is 0 Å². The molecule has 0 aliphatic heterocycles. The molecule has 0 bridgehead atoms. The molecule has 140 valence electrons. The smallest absolute Gasteiger partial charge is 0.269 e. The Hall–Kier alpha value is -2.22. The number of hydrogen-bond donors (Lipinski definition) is 2. The number of aryl methyl sites for hydroxylation is 1. The molecule has 0 aliphatic carbocycles. The van der Waals surface area contributed by atoms with Crippen molar-refractivity contribution >= 4 is 52.1 Å². The molecule has 1 heterocycles. The molecule has 0 radical (unpaired) electrons. The van der Waals surface area contributed by atoms with Crippen molar-refractivity contribution in [3.05, 3.63) is 63.5 Å². The Kier molecular flexibility index (Phi) is 6.26. The summed E-state index contributed by atoms with van der Waals surface area (Å²) < 4.78 is 5.90. The SMILES string of the molecule is COc1ccc(CSc2nc(N)c(C(=O)Nc3c(C)cccc3Cl)s2)cc1. The number of amides is 1. The minimum atomic E-state index is -0.308. The molecule has 5 nitrogen and oxygen atoms in total. The van der Waals surface area contributed by atoms with E-state index in [4.69, 9.17) is 22.1 Å². The highest BCUT2D eigenvalue weighted by atomic mass is 35.5. The van der Waals surface area contributed by atoms with Crippen LogP contribution in [0.2, 0.25) is 5.02 Å². The molecule has 3 aromatic rings. The lowest BCUT2D eigenvalue weighted by Crippen LogP contribution is -2.13. The van der Waals surface area contributed by atoms with Crippen molar-refractivity contribution in [1.82, 2.24) is 4.98 Å². The van der Waals surface area contributed by atoms with Crippen LogP contribution >= 0.6 is 34.7 Å². The largest absolute Gasteiger partial charge is 0.497 e. The number of thioether (sulfide) groups is 1. The molecule has 2 aromatic carbocycles. The summed E-state index contributed by atoms with van der Waals surface area (Å²) in [6.07, 6.45) is 0. The molecular formula is C19H18ClN3O2S2. The van der Waals surface area contributed by atoms with E-state index in [2.05, 4.69) is 10.3 Å². The van der Waals surface area contributed by atoms with Crippen LogP contribution in [0.3, 0.4) is 0 Å². The Morgan fingerprint density at radius 1 is 1.30 bits per heavy atom. The second-order valence-corrected chi connectivity index (χ2v) is 8.35. The van der Waals surface area contributed by atoms with Gasteiger partial charge in [-0.25, -0.2) is 4.98 Å². The van der Waals surface area contributed by atoms with Gasteiger partial charge in [-0.05, 0) is 36.2 Å². The predicted molar refractivity (Wildman–Crippen MR) is 113 cm³/mol. The topological polar surface area (TPSA) is 77.2 Å². The normalized spacial score (nSPS) is 10.6. The van der Waals surface area contributed by atoms with E-state index < -0.39 is 0 Å². The lowest BCUT2D eigenvalue weighted by atomic mass is 10.2. The summed E-state index contributed by atoms with van der Waals surface area (Å²) in [6, 6.07) is 13.3. The van der Waals surface area contributed by atoms with Crippen LogP contribution in [-0.2, 0) is 5.75 Å². The first-order valence-electron chi connectivity index (χ1n) is 8.06. The molecule has 0 spiro atoms. The van der Waals surface area contributed by atoms with E-state index in [1.165, 1.54) is 23.1 Å². The van der Waals surface area contributed by atoms with Crippen LogP contribution in [-0.4, -0.2) is 18.0 Å². The number of anilines is 2. The molecule has 1 amide bonds. The summed E-state index contributed by atoms with van der Waals surface area (Å²) >= 11 is 8.98. The maximum absolute atomic E-state index is 12.6. The van der Waals surface area contributed by atoms with Gasteiger partial charge in [0.05, 0.1) is 17.8 Å². The maximum Gasteiger partial charge on any atom is 0.269 e. The number of carbonyl (C=O) groups is 1. The van der Waals surface area contributed by atoms with Gasteiger partial charge in [0.15, 0.2) is 4.34 Å². The van der Waals surface area contributed by atoms with Crippen LogP contribution in [0, 0.1) is 6.92 Å². The third-order valence-electron chi connectivity index (χ3n) is 3.82. The molecule has 0 unspecified atom stereocenters. The van der Waals surface area contributed by atoms with Crippen LogP contribution in [0.1, 0.15) is 20.8 Å². The highest BCUT2D eigenvalue weighted by Crippen LogP contribution is 2.33. The number of carbonyl (C=O) groups excluding carboxylic acids is 1. The number of para-hydroxylation sites is 1. The van der Waals surface area contributed by atoms with E-state index in [1.807, 2.05) is 43.3 Å². The minimum absolute atomic E-state index is 0.222. The number of ether oxygens (including phenoxy) is 1.